The molecular weight excluding hydrogens is 339 g/mol. The third kappa shape index (κ3) is 3.42. The lowest BCUT2D eigenvalue weighted by Gasteiger charge is -2.07. The predicted molar refractivity (Wildman–Crippen MR) is 79.7 cm³/mol. The molecule has 0 amide bonds. The summed E-state index contributed by atoms with van der Waals surface area (Å²) in [6.45, 7) is 3.48. The highest BCUT2D eigenvalue weighted by atomic mass is 19.4. The van der Waals surface area contributed by atoms with E-state index >= 15 is 0 Å². The van der Waals surface area contributed by atoms with Crippen molar-refractivity contribution in [3.63, 3.8) is 0 Å². The van der Waals surface area contributed by atoms with Gasteiger partial charge in [0, 0.05) is 29.9 Å². The van der Waals surface area contributed by atoms with E-state index in [4.69, 9.17) is 0 Å². The van der Waals surface area contributed by atoms with Gasteiger partial charge in [0.1, 0.15) is 0 Å². The molecule has 3 aromatic heterocycles. The number of nitrogens with zero attached hydrogens (tertiary/aromatic N) is 4. The van der Waals surface area contributed by atoms with Gasteiger partial charge in [-0.15, -0.1) is 0 Å². The number of hydrogen-bond donors (Lipinski definition) is 1. The van der Waals surface area contributed by atoms with Crippen LogP contribution in [0.15, 0.2) is 27.8 Å². The second-order valence-electron chi connectivity index (χ2n) is 5.34. The number of hydrogen-bond acceptors (Lipinski definition) is 6. The summed E-state index contributed by atoms with van der Waals surface area (Å²) in [6, 6.07) is 1.42. The van der Waals surface area contributed by atoms with Crippen LogP contribution in [0.4, 0.5) is 13.2 Å². The van der Waals surface area contributed by atoms with E-state index in [1.165, 1.54) is 12.3 Å². The zero-order valence-corrected chi connectivity index (χ0v) is 13.2. The molecular formula is C15H12F3N5O2. The molecule has 0 fully saturated rings. The number of H-pyrrole nitrogens is 1. The van der Waals surface area contributed by atoms with Gasteiger partial charge in [-0.25, -0.2) is 0 Å². The van der Waals surface area contributed by atoms with Crippen molar-refractivity contribution >= 4 is 0 Å². The summed E-state index contributed by atoms with van der Waals surface area (Å²) in [5.74, 6) is -1.79. The molecule has 0 bridgehead atoms. The normalized spacial score (nSPS) is 11.7. The molecule has 0 atom stereocenters. The third-order valence-electron chi connectivity index (χ3n) is 3.49. The topological polar surface area (TPSA) is 97.6 Å². The van der Waals surface area contributed by atoms with Crippen LogP contribution in [-0.2, 0) is 12.6 Å². The van der Waals surface area contributed by atoms with Crippen LogP contribution in [0.5, 0.6) is 0 Å². The first-order chi connectivity index (χ1) is 11.8. The molecule has 10 heteroatoms. The molecule has 0 aromatic carbocycles. The largest absolute Gasteiger partial charge is 0.471 e. The predicted octanol–water partition coefficient (Wildman–Crippen LogP) is 2.44. The molecule has 3 rings (SSSR count). The summed E-state index contributed by atoms with van der Waals surface area (Å²) in [5, 5.41) is 3.34. The first-order valence-electron chi connectivity index (χ1n) is 7.16. The van der Waals surface area contributed by atoms with E-state index in [0.29, 0.717) is 17.1 Å². The monoisotopic (exact) mass is 351 g/mol. The molecule has 0 radical (unpaired) electrons. The van der Waals surface area contributed by atoms with Gasteiger partial charge >= 0.3 is 12.1 Å². The summed E-state index contributed by atoms with van der Waals surface area (Å²) in [5.41, 5.74) is 1.67. The Hall–Kier alpha value is -3.04. The molecule has 0 aliphatic heterocycles. The highest BCUT2D eigenvalue weighted by Gasteiger charge is 2.38. The van der Waals surface area contributed by atoms with Crippen molar-refractivity contribution in [1.29, 1.82) is 0 Å². The van der Waals surface area contributed by atoms with Gasteiger partial charge in [-0.2, -0.15) is 18.2 Å². The standard InChI is InChI=1S/C15H12F3N5O2/c1-7-6-20-8(2)11(21-7)5-10-9(3-4-19-13(10)24)12-22-14(25-23-12)15(16,17)18/h3-4,6H,5H2,1-2H3,(H,19,24). The van der Waals surface area contributed by atoms with Gasteiger partial charge in [0.25, 0.3) is 5.56 Å². The smallest absolute Gasteiger partial charge is 0.329 e. The minimum atomic E-state index is -4.76. The van der Waals surface area contributed by atoms with Gasteiger partial charge in [-0.3, -0.25) is 14.8 Å². The lowest BCUT2D eigenvalue weighted by Crippen LogP contribution is -2.16. The molecule has 3 heterocycles. The number of aromatic nitrogens is 5. The maximum absolute atomic E-state index is 12.7. The molecule has 0 unspecified atom stereocenters. The number of aryl methyl sites for hydroxylation is 2. The summed E-state index contributed by atoms with van der Waals surface area (Å²) >= 11 is 0. The first-order valence-corrected chi connectivity index (χ1v) is 7.16. The lowest BCUT2D eigenvalue weighted by atomic mass is 10.0. The SMILES string of the molecule is Cc1cnc(C)c(Cc2c(-c3noc(C(F)(F)F)n3)cc[nH]c2=O)n1. The van der Waals surface area contributed by atoms with Gasteiger partial charge in [0.15, 0.2) is 0 Å². The van der Waals surface area contributed by atoms with Crippen LogP contribution < -0.4 is 5.56 Å². The van der Waals surface area contributed by atoms with E-state index in [-0.39, 0.29) is 23.4 Å². The zero-order chi connectivity index (χ0) is 18.2. The summed E-state index contributed by atoms with van der Waals surface area (Å²) in [4.78, 5) is 26.5. The first kappa shape index (κ1) is 16.8. The number of aromatic amines is 1. The molecule has 25 heavy (non-hydrogen) atoms. The van der Waals surface area contributed by atoms with Gasteiger partial charge in [-0.05, 0) is 19.9 Å². The number of halogens is 3. The minimum Gasteiger partial charge on any atom is -0.329 e. The molecule has 0 aliphatic rings. The number of nitrogens with one attached hydrogen (secondary N) is 1. The summed E-state index contributed by atoms with van der Waals surface area (Å²) in [7, 11) is 0. The van der Waals surface area contributed by atoms with E-state index in [1.807, 2.05) is 0 Å². The molecule has 1 N–H and O–H groups in total. The van der Waals surface area contributed by atoms with Crippen LogP contribution in [-0.4, -0.2) is 25.1 Å². The Bertz CT molecular complexity index is 978. The van der Waals surface area contributed by atoms with Crippen LogP contribution in [0.25, 0.3) is 11.4 Å². The van der Waals surface area contributed by atoms with E-state index in [0.717, 1.165) is 0 Å². The fourth-order valence-electron chi connectivity index (χ4n) is 2.27. The maximum Gasteiger partial charge on any atom is 0.471 e. The molecule has 0 saturated heterocycles. The van der Waals surface area contributed by atoms with Crippen molar-refractivity contribution in [2.24, 2.45) is 0 Å². The van der Waals surface area contributed by atoms with E-state index in [1.54, 1.807) is 20.0 Å². The minimum absolute atomic E-state index is 0.0713. The fraction of sp³-hybridized carbons (Fsp3) is 0.267. The average Bonchev–Trinajstić information content (AvgIpc) is 3.03. The molecule has 3 aromatic rings. The van der Waals surface area contributed by atoms with Crippen molar-refractivity contribution in [3.8, 4) is 11.4 Å². The van der Waals surface area contributed by atoms with Gasteiger partial charge in [-0.1, -0.05) is 5.16 Å². The van der Waals surface area contributed by atoms with Crippen LogP contribution in [0.3, 0.4) is 0 Å². The highest BCUT2D eigenvalue weighted by molar-refractivity contribution is 5.59. The third-order valence-corrected chi connectivity index (χ3v) is 3.49. The van der Waals surface area contributed by atoms with Gasteiger partial charge in [0.05, 0.1) is 17.1 Å². The summed E-state index contributed by atoms with van der Waals surface area (Å²) < 4.78 is 42.2. The Morgan fingerprint density at radius 2 is 2.00 bits per heavy atom. The maximum atomic E-state index is 12.7. The van der Waals surface area contributed by atoms with Gasteiger partial charge in [0.2, 0.25) is 5.82 Å². The van der Waals surface area contributed by atoms with Crippen LogP contribution >= 0.6 is 0 Å². The Morgan fingerprint density at radius 3 is 2.68 bits per heavy atom. The molecule has 7 nitrogen and oxygen atoms in total. The number of rotatable bonds is 3. The van der Waals surface area contributed by atoms with Crippen molar-refractivity contribution < 1.29 is 17.7 Å². The lowest BCUT2D eigenvalue weighted by molar-refractivity contribution is -0.159. The van der Waals surface area contributed by atoms with Crippen LogP contribution in [0, 0.1) is 13.8 Å². The van der Waals surface area contributed by atoms with E-state index < -0.39 is 17.6 Å². The fourth-order valence-corrected chi connectivity index (χ4v) is 2.27. The van der Waals surface area contributed by atoms with E-state index in [9.17, 15) is 18.0 Å². The van der Waals surface area contributed by atoms with Crippen molar-refractivity contribution in [2.75, 3.05) is 0 Å². The Labute approximate surface area is 139 Å². The summed E-state index contributed by atoms with van der Waals surface area (Å²) in [6.07, 6.45) is -1.80. The second-order valence-corrected chi connectivity index (χ2v) is 5.34. The average molecular weight is 351 g/mol. The second kappa shape index (κ2) is 6.11. The molecule has 130 valence electrons. The number of alkyl halides is 3. The highest BCUT2D eigenvalue weighted by Crippen LogP contribution is 2.30. The van der Waals surface area contributed by atoms with Crippen molar-refractivity contribution in [1.82, 2.24) is 25.1 Å². The Balaban J connectivity index is 2.08. The molecule has 0 spiro atoms. The molecule has 0 saturated carbocycles. The zero-order valence-electron chi connectivity index (χ0n) is 13.2. The quantitative estimate of drug-likeness (QED) is 0.778. The molecule has 0 aliphatic carbocycles. The van der Waals surface area contributed by atoms with Crippen LogP contribution in [0.1, 0.15) is 28.5 Å². The Kier molecular flexibility index (Phi) is 4.11. The van der Waals surface area contributed by atoms with Crippen molar-refractivity contribution in [2.45, 2.75) is 26.4 Å². The van der Waals surface area contributed by atoms with E-state index in [2.05, 4.69) is 29.6 Å². The van der Waals surface area contributed by atoms with Crippen LogP contribution in [0.2, 0.25) is 0 Å². The van der Waals surface area contributed by atoms with Crippen molar-refractivity contribution in [3.05, 3.63) is 57.3 Å². The Morgan fingerprint density at radius 1 is 1.24 bits per heavy atom. The number of pyridine rings is 1. The van der Waals surface area contributed by atoms with Gasteiger partial charge < -0.3 is 9.51 Å².